The maximum absolute atomic E-state index is 12.9. The molecule has 0 spiro atoms. The number of aromatic amines is 1. The number of rotatable bonds is 6. The summed E-state index contributed by atoms with van der Waals surface area (Å²) < 4.78 is 12.9. The average Bonchev–Trinajstić information content (AvgIpc) is 3.09. The van der Waals surface area contributed by atoms with Crippen molar-refractivity contribution in [1.82, 2.24) is 30.5 Å². The van der Waals surface area contributed by atoms with Gasteiger partial charge in [-0.15, -0.1) is 5.10 Å². The molecule has 0 unspecified atom stereocenters. The van der Waals surface area contributed by atoms with Gasteiger partial charge in [-0.25, -0.2) is 9.37 Å². The minimum absolute atomic E-state index is 0.0841. The summed E-state index contributed by atoms with van der Waals surface area (Å²) in [7, 11) is 0. The van der Waals surface area contributed by atoms with E-state index in [9.17, 15) is 14.0 Å². The van der Waals surface area contributed by atoms with Crippen molar-refractivity contribution in [3.05, 3.63) is 65.8 Å². The third kappa shape index (κ3) is 4.66. The molecule has 1 aromatic carbocycles. The predicted octanol–water partition coefficient (Wildman–Crippen LogP) is 0.693. The summed E-state index contributed by atoms with van der Waals surface area (Å²) in [6, 6.07) is 5.98. The van der Waals surface area contributed by atoms with Crippen LogP contribution in [0, 0.1) is 5.82 Å². The molecule has 3 aromatic rings. The first-order valence-corrected chi connectivity index (χ1v) is 7.60. The summed E-state index contributed by atoms with van der Waals surface area (Å²) >= 11 is 0. The van der Waals surface area contributed by atoms with Crippen LogP contribution in [0.4, 0.5) is 10.3 Å². The summed E-state index contributed by atoms with van der Waals surface area (Å²) in [5.74, 6) is -0.728. The normalized spacial score (nSPS) is 10.3. The highest BCUT2D eigenvalue weighted by molar-refractivity contribution is 5.97. The van der Waals surface area contributed by atoms with Gasteiger partial charge in [-0.05, 0) is 17.7 Å². The number of hydrogen-bond acceptors (Lipinski definition) is 6. The van der Waals surface area contributed by atoms with Gasteiger partial charge in [0.15, 0.2) is 0 Å². The Morgan fingerprint density at radius 2 is 1.96 bits per heavy atom. The lowest BCUT2D eigenvalue weighted by Crippen LogP contribution is -2.33. The highest BCUT2D eigenvalue weighted by Gasteiger charge is 2.11. The number of nitrogens with one attached hydrogen (secondary N) is 3. The van der Waals surface area contributed by atoms with Gasteiger partial charge in [0.1, 0.15) is 17.3 Å². The third-order valence-electron chi connectivity index (χ3n) is 3.27. The number of H-pyrrole nitrogens is 1. The zero-order chi connectivity index (χ0) is 18.4. The van der Waals surface area contributed by atoms with Crippen molar-refractivity contribution in [2.24, 2.45) is 0 Å². The van der Waals surface area contributed by atoms with E-state index in [0.717, 1.165) is 5.56 Å². The van der Waals surface area contributed by atoms with E-state index in [0.29, 0.717) is 12.2 Å². The predicted molar refractivity (Wildman–Crippen MR) is 88.6 cm³/mol. The van der Waals surface area contributed by atoms with Crippen molar-refractivity contribution in [2.45, 2.75) is 6.42 Å². The van der Waals surface area contributed by atoms with E-state index < -0.39 is 11.8 Å². The van der Waals surface area contributed by atoms with Crippen LogP contribution in [-0.4, -0.2) is 43.5 Å². The molecular weight excluding hydrogens is 341 g/mol. The molecule has 0 fully saturated rings. The topological polar surface area (TPSA) is 126 Å². The number of hydrogen-bond donors (Lipinski definition) is 3. The fraction of sp³-hybridized carbons (Fsp3) is 0.125. The Morgan fingerprint density at radius 1 is 1.15 bits per heavy atom. The first-order chi connectivity index (χ1) is 12.6. The van der Waals surface area contributed by atoms with Crippen molar-refractivity contribution in [2.75, 3.05) is 11.9 Å². The molecule has 132 valence electrons. The largest absolute Gasteiger partial charge is 0.342 e. The maximum atomic E-state index is 12.9. The zero-order valence-corrected chi connectivity index (χ0v) is 13.4. The maximum Gasteiger partial charge on any atom is 0.271 e. The van der Waals surface area contributed by atoms with Gasteiger partial charge in [0.2, 0.25) is 11.9 Å². The lowest BCUT2D eigenvalue weighted by molar-refractivity contribution is -0.115. The van der Waals surface area contributed by atoms with Crippen LogP contribution < -0.4 is 10.6 Å². The van der Waals surface area contributed by atoms with Gasteiger partial charge in [-0.2, -0.15) is 4.98 Å². The van der Waals surface area contributed by atoms with Crippen molar-refractivity contribution in [3.63, 3.8) is 0 Å². The minimum atomic E-state index is -0.514. The van der Waals surface area contributed by atoms with Crippen molar-refractivity contribution in [3.8, 4) is 0 Å². The number of carbonyl (C=O) groups is 2. The van der Waals surface area contributed by atoms with E-state index in [1.165, 1.54) is 30.7 Å². The smallest absolute Gasteiger partial charge is 0.271 e. The number of benzene rings is 1. The zero-order valence-electron chi connectivity index (χ0n) is 13.4. The van der Waals surface area contributed by atoms with Gasteiger partial charge in [0.05, 0.1) is 12.7 Å². The van der Waals surface area contributed by atoms with E-state index in [-0.39, 0.29) is 24.0 Å². The lowest BCUT2D eigenvalue weighted by atomic mass is 10.1. The average molecular weight is 355 g/mol. The summed E-state index contributed by atoms with van der Waals surface area (Å²) in [6.07, 6.45) is 4.53. The van der Waals surface area contributed by atoms with E-state index in [1.54, 1.807) is 12.1 Å². The van der Waals surface area contributed by atoms with Crippen LogP contribution in [0.3, 0.4) is 0 Å². The monoisotopic (exact) mass is 355 g/mol. The molecule has 0 bridgehead atoms. The quantitative estimate of drug-likeness (QED) is 0.597. The Hall–Kier alpha value is -3.69. The Labute approximate surface area is 147 Å². The van der Waals surface area contributed by atoms with E-state index in [2.05, 4.69) is 35.8 Å². The van der Waals surface area contributed by atoms with Crippen LogP contribution in [-0.2, 0) is 11.2 Å². The van der Waals surface area contributed by atoms with Gasteiger partial charge in [-0.3, -0.25) is 25.0 Å². The number of anilines is 1. The second-order valence-electron chi connectivity index (χ2n) is 5.23. The Balaban J connectivity index is 1.49. The van der Waals surface area contributed by atoms with Gasteiger partial charge >= 0.3 is 0 Å². The summed E-state index contributed by atoms with van der Waals surface area (Å²) in [5, 5.41) is 11.4. The van der Waals surface area contributed by atoms with Gasteiger partial charge < -0.3 is 5.32 Å². The summed E-state index contributed by atoms with van der Waals surface area (Å²) in [4.78, 5) is 35.4. The van der Waals surface area contributed by atoms with E-state index in [1.807, 2.05) is 0 Å². The molecule has 0 saturated carbocycles. The Bertz CT molecular complexity index is 896. The molecule has 0 atom stereocenters. The molecule has 0 radical (unpaired) electrons. The van der Waals surface area contributed by atoms with Gasteiger partial charge in [-0.1, -0.05) is 12.1 Å². The first kappa shape index (κ1) is 17.1. The molecule has 0 aliphatic carbocycles. The second kappa shape index (κ2) is 7.92. The second-order valence-corrected chi connectivity index (χ2v) is 5.23. The van der Waals surface area contributed by atoms with E-state index in [4.69, 9.17) is 0 Å². The third-order valence-corrected chi connectivity index (χ3v) is 3.27. The van der Waals surface area contributed by atoms with Gasteiger partial charge in [0.25, 0.3) is 5.91 Å². The number of halogens is 1. The summed E-state index contributed by atoms with van der Waals surface area (Å²) in [6.45, 7) is -0.267. The molecule has 3 N–H and O–H groups in total. The van der Waals surface area contributed by atoms with E-state index >= 15 is 0 Å². The van der Waals surface area contributed by atoms with Crippen LogP contribution in [0.1, 0.15) is 21.9 Å². The number of carbonyl (C=O) groups excluding carboxylic acids is 2. The van der Waals surface area contributed by atoms with Crippen molar-refractivity contribution >= 4 is 17.8 Å². The van der Waals surface area contributed by atoms with Gasteiger partial charge in [0, 0.05) is 18.8 Å². The van der Waals surface area contributed by atoms with Crippen LogP contribution in [0.15, 0.2) is 42.9 Å². The standard InChI is InChI=1S/C16H14FN7O2/c17-11-3-1-10(2-4-11)7-13-21-16(24-23-13)22-14(25)9-20-15(26)12-8-18-5-6-19-12/h1-6,8H,7,9H2,(H,20,26)(H2,21,22,23,24,25). The molecule has 2 amide bonds. The molecule has 0 aliphatic rings. The first-order valence-electron chi connectivity index (χ1n) is 7.60. The highest BCUT2D eigenvalue weighted by Crippen LogP contribution is 2.08. The van der Waals surface area contributed by atoms with Crippen LogP contribution in [0.5, 0.6) is 0 Å². The van der Waals surface area contributed by atoms with Crippen molar-refractivity contribution < 1.29 is 14.0 Å². The fourth-order valence-corrected chi connectivity index (χ4v) is 2.06. The van der Waals surface area contributed by atoms with Crippen LogP contribution in [0.2, 0.25) is 0 Å². The Kier molecular flexibility index (Phi) is 5.22. The number of aromatic nitrogens is 5. The molecule has 2 heterocycles. The molecule has 2 aromatic heterocycles. The number of amides is 2. The lowest BCUT2D eigenvalue weighted by Gasteiger charge is -2.03. The van der Waals surface area contributed by atoms with Crippen LogP contribution >= 0.6 is 0 Å². The molecule has 10 heteroatoms. The molecule has 3 rings (SSSR count). The SMILES string of the molecule is O=C(CNC(=O)c1cnccn1)Nc1n[nH]c(Cc2ccc(F)cc2)n1. The summed E-state index contributed by atoms with van der Waals surface area (Å²) in [5.41, 5.74) is 0.955. The molecular formula is C16H14FN7O2. The molecule has 9 nitrogen and oxygen atoms in total. The minimum Gasteiger partial charge on any atom is -0.342 e. The molecule has 0 saturated heterocycles. The van der Waals surface area contributed by atoms with Crippen molar-refractivity contribution in [1.29, 1.82) is 0 Å². The number of nitrogens with zero attached hydrogens (tertiary/aromatic N) is 4. The van der Waals surface area contributed by atoms with Crippen LogP contribution in [0.25, 0.3) is 0 Å². The molecule has 26 heavy (non-hydrogen) atoms. The fourth-order valence-electron chi connectivity index (χ4n) is 2.06. The Morgan fingerprint density at radius 3 is 2.69 bits per heavy atom. The highest BCUT2D eigenvalue weighted by atomic mass is 19.1. The molecule has 0 aliphatic heterocycles.